The highest BCUT2D eigenvalue weighted by atomic mass is 14.5. The second-order valence-corrected chi connectivity index (χ2v) is 4.98. The van der Waals surface area contributed by atoms with E-state index in [1.54, 1.807) is 0 Å². The van der Waals surface area contributed by atoms with Crippen LogP contribution in [0.3, 0.4) is 0 Å². The van der Waals surface area contributed by atoms with E-state index in [9.17, 15) is 0 Å². The molecule has 3 aliphatic carbocycles. The summed E-state index contributed by atoms with van der Waals surface area (Å²) in [6.45, 7) is 2.45. The van der Waals surface area contributed by atoms with Gasteiger partial charge in [-0.25, -0.2) is 0 Å². The normalized spacial score (nSPS) is 45.2. The third kappa shape index (κ3) is 0.787. The van der Waals surface area contributed by atoms with Gasteiger partial charge in [-0.1, -0.05) is 18.1 Å². The van der Waals surface area contributed by atoms with Crippen molar-refractivity contribution < 1.29 is 0 Å². The Morgan fingerprint density at radius 1 is 1.08 bits per heavy atom. The Bertz CT molecular complexity index is 236. The van der Waals surface area contributed by atoms with E-state index in [4.69, 9.17) is 0 Å². The predicted molar refractivity (Wildman–Crippen MR) is 50.9 cm³/mol. The quantitative estimate of drug-likeness (QED) is 0.478. The number of fused-ring (bicyclic) bond motifs is 2. The molecule has 0 heteroatoms. The summed E-state index contributed by atoms with van der Waals surface area (Å²) >= 11 is 0. The molecule has 1 unspecified atom stereocenters. The predicted octanol–water partition coefficient (Wildman–Crippen LogP) is 3.53. The molecule has 2 fully saturated rings. The van der Waals surface area contributed by atoms with Gasteiger partial charge in [0, 0.05) is 0 Å². The number of hydrogen-bond donors (Lipinski definition) is 0. The summed E-state index contributed by atoms with van der Waals surface area (Å²) in [7, 11) is 0. The second-order valence-electron chi connectivity index (χ2n) is 4.98. The molecule has 0 aromatic heterocycles. The lowest BCUT2D eigenvalue weighted by Gasteiger charge is -2.08. The van der Waals surface area contributed by atoms with Crippen molar-refractivity contribution in [2.24, 2.45) is 17.8 Å². The summed E-state index contributed by atoms with van der Waals surface area (Å²) in [4.78, 5) is 0. The molecule has 3 aliphatic rings. The van der Waals surface area contributed by atoms with E-state index in [1.807, 2.05) is 11.1 Å². The van der Waals surface area contributed by atoms with Crippen molar-refractivity contribution >= 4 is 0 Å². The molecule has 0 radical (unpaired) electrons. The molecule has 3 atom stereocenters. The zero-order chi connectivity index (χ0) is 8.13. The van der Waals surface area contributed by atoms with Gasteiger partial charge in [-0.15, -0.1) is 0 Å². The topological polar surface area (TPSA) is 0 Å². The fourth-order valence-corrected chi connectivity index (χ4v) is 3.89. The van der Waals surface area contributed by atoms with Crippen molar-refractivity contribution in [3.63, 3.8) is 0 Å². The third-order valence-electron chi connectivity index (χ3n) is 4.35. The Labute approximate surface area is 75.0 Å². The monoisotopic (exact) mass is 162 g/mol. The smallest absolute Gasteiger partial charge is 0.0192 e. The summed E-state index contributed by atoms with van der Waals surface area (Å²) in [5, 5.41) is 0. The van der Waals surface area contributed by atoms with Crippen molar-refractivity contribution in [1.82, 2.24) is 0 Å². The Hall–Kier alpha value is -0.260. The maximum absolute atomic E-state index is 2.45. The van der Waals surface area contributed by atoms with Crippen molar-refractivity contribution in [2.75, 3.05) is 0 Å². The van der Waals surface area contributed by atoms with Crippen LogP contribution in [-0.4, -0.2) is 0 Å². The van der Waals surface area contributed by atoms with Gasteiger partial charge >= 0.3 is 0 Å². The fourth-order valence-electron chi connectivity index (χ4n) is 3.89. The van der Waals surface area contributed by atoms with Crippen molar-refractivity contribution in [3.05, 3.63) is 11.1 Å². The number of rotatable bonds is 0. The number of hydrogen-bond acceptors (Lipinski definition) is 0. The molecule has 0 saturated heterocycles. The van der Waals surface area contributed by atoms with Crippen LogP contribution in [0.2, 0.25) is 0 Å². The van der Waals surface area contributed by atoms with Crippen molar-refractivity contribution in [3.8, 4) is 0 Å². The SMILES string of the molecule is C[C@@H]1CC[C@@H]2CC3CCCC3=C21. The lowest BCUT2D eigenvalue weighted by atomic mass is 9.98. The first kappa shape index (κ1) is 7.17. The molecule has 3 rings (SSSR count). The highest BCUT2D eigenvalue weighted by Crippen LogP contribution is 2.54. The molecule has 0 bridgehead atoms. The zero-order valence-corrected chi connectivity index (χ0v) is 7.97. The van der Waals surface area contributed by atoms with E-state index >= 15 is 0 Å². The lowest BCUT2D eigenvalue weighted by molar-refractivity contribution is 0.499. The van der Waals surface area contributed by atoms with E-state index in [0.717, 1.165) is 17.8 Å². The molecule has 0 amide bonds. The summed E-state index contributed by atoms with van der Waals surface area (Å²) in [5.74, 6) is 3.04. The second kappa shape index (κ2) is 2.37. The molecule has 2 saturated carbocycles. The average molecular weight is 162 g/mol. The fraction of sp³-hybridized carbons (Fsp3) is 0.833. The van der Waals surface area contributed by atoms with Crippen LogP contribution in [0.5, 0.6) is 0 Å². The largest absolute Gasteiger partial charge is 0.0673 e. The minimum atomic E-state index is 0.952. The van der Waals surface area contributed by atoms with Gasteiger partial charge in [-0.3, -0.25) is 0 Å². The Morgan fingerprint density at radius 2 is 2.00 bits per heavy atom. The summed E-state index contributed by atoms with van der Waals surface area (Å²) in [6.07, 6.45) is 8.99. The summed E-state index contributed by atoms with van der Waals surface area (Å²) in [6, 6.07) is 0. The van der Waals surface area contributed by atoms with Crippen LogP contribution in [0.1, 0.15) is 45.4 Å². The molecule has 0 aliphatic heterocycles. The standard InChI is InChI=1S/C12H18/c1-8-5-6-10-7-9-3-2-4-11(9)12(8)10/h8-10H,2-7H2,1H3/t8-,9?,10-/m1/s1. The number of allylic oxidation sites excluding steroid dienone is 2. The van der Waals surface area contributed by atoms with E-state index in [-0.39, 0.29) is 0 Å². The van der Waals surface area contributed by atoms with Gasteiger partial charge in [0.15, 0.2) is 0 Å². The Kier molecular flexibility index (Phi) is 1.42. The van der Waals surface area contributed by atoms with Crippen molar-refractivity contribution in [2.45, 2.75) is 45.4 Å². The molecule has 0 spiro atoms. The highest BCUT2D eigenvalue weighted by Gasteiger charge is 2.40. The van der Waals surface area contributed by atoms with E-state index < -0.39 is 0 Å². The van der Waals surface area contributed by atoms with Gasteiger partial charge in [0.1, 0.15) is 0 Å². The Balaban J connectivity index is 2.02. The average Bonchev–Trinajstić information content (AvgIpc) is 2.61. The molecule has 0 heterocycles. The molecular formula is C12H18. The molecule has 66 valence electrons. The third-order valence-corrected chi connectivity index (χ3v) is 4.35. The summed E-state index contributed by atoms with van der Waals surface area (Å²) < 4.78 is 0. The molecular weight excluding hydrogens is 144 g/mol. The lowest BCUT2D eigenvalue weighted by Crippen LogP contribution is -1.95. The molecule has 0 N–H and O–H groups in total. The molecule has 12 heavy (non-hydrogen) atoms. The van der Waals surface area contributed by atoms with Crippen LogP contribution >= 0.6 is 0 Å². The minimum absolute atomic E-state index is 0.952. The van der Waals surface area contributed by atoms with Crippen LogP contribution in [0.15, 0.2) is 11.1 Å². The van der Waals surface area contributed by atoms with E-state index in [1.165, 1.54) is 38.5 Å². The molecule has 0 aromatic carbocycles. The van der Waals surface area contributed by atoms with E-state index in [0.29, 0.717) is 0 Å². The van der Waals surface area contributed by atoms with Gasteiger partial charge in [-0.2, -0.15) is 0 Å². The van der Waals surface area contributed by atoms with Gasteiger partial charge < -0.3 is 0 Å². The van der Waals surface area contributed by atoms with Gasteiger partial charge in [-0.05, 0) is 56.3 Å². The first-order valence-corrected chi connectivity index (χ1v) is 5.59. The molecule has 0 aromatic rings. The maximum Gasteiger partial charge on any atom is -0.0192 e. The first-order chi connectivity index (χ1) is 5.86. The summed E-state index contributed by atoms with van der Waals surface area (Å²) in [5.41, 5.74) is 3.85. The minimum Gasteiger partial charge on any atom is -0.0673 e. The van der Waals surface area contributed by atoms with Crippen molar-refractivity contribution in [1.29, 1.82) is 0 Å². The zero-order valence-electron chi connectivity index (χ0n) is 7.97. The Morgan fingerprint density at radius 3 is 2.92 bits per heavy atom. The molecule has 0 nitrogen and oxygen atoms in total. The van der Waals surface area contributed by atoms with Crippen LogP contribution in [0.25, 0.3) is 0 Å². The van der Waals surface area contributed by atoms with Crippen LogP contribution in [-0.2, 0) is 0 Å². The first-order valence-electron chi connectivity index (χ1n) is 5.59. The van der Waals surface area contributed by atoms with Crippen LogP contribution < -0.4 is 0 Å². The van der Waals surface area contributed by atoms with E-state index in [2.05, 4.69) is 6.92 Å². The highest BCUT2D eigenvalue weighted by molar-refractivity contribution is 5.32. The van der Waals surface area contributed by atoms with Crippen LogP contribution in [0.4, 0.5) is 0 Å². The maximum atomic E-state index is 2.45. The van der Waals surface area contributed by atoms with Crippen LogP contribution in [0, 0.1) is 17.8 Å². The van der Waals surface area contributed by atoms with Gasteiger partial charge in [0.25, 0.3) is 0 Å². The van der Waals surface area contributed by atoms with Gasteiger partial charge in [0.2, 0.25) is 0 Å². The van der Waals surface area contributed by atoms with Gasteiger partial charge in [0.05, 0.1) is 0 Å².